The highest BCUT2D eigenvalue weighted by Crippen LogP contribution is 2.28. The Kier molecular flexibility index (Phi) is 4.56. The molecule has 1 fully saturated rings. The van der Waals surface area contributed by atoms with Crippen LogP contribution in [0.3, 0.4) is 0 Å². The van der Waals surface area contributed by atoms with Crippen LogP contribution in [0, 0.1) is 23.6 Å². The van der Waals surface area contributed by atoms with Gasteiger partial charge in [-0.15, -0.1) is 0 Å². The maximum absolute atomic E-state index is 13.4. The Balaban J connectivity index is 1.79. The number of aromatic nitrogens is 2. The molecule has 0 saturated carbocycles. The molecule has 0 radical (unpaired) electrons. The van der Waals surface area contributed by atoms with Crippen LogP contribution < -0.4 is 11.5 Å². The molecule has 0 amide bonds. The Morgan fingerprint density at radius 2 is 2.04 bits per heavy atom. The van der Waals surface area contributed by atoms with Gasteiger partial charge in [0.05, 0.1) is 17.1 Å². The lowest BCUT2D eigenvalue weighted by Crippen LogP contribution is -2.01. The van der Waals surface area contributed by atoms with Gasteiger partial charge in [-0.3, -0.25) is 0 Å². The Hall–Kier alpha value is -2.88. The smallest absolute Gasteiger partial charge is 0.162 e. The molecular weight excluding hydrogens is 367 g/mol. The van der Waals surface area contributed by atoms with Crippen molar-refractivity contribution in [2.45, 2.75) is 6.42 Å². The second-order valence-electron chi connectivity index (χ2n) is 6.35. The van der Waals surface area contributed by atoms with Gasteiger partial charge in [-0.05, 0) is 36.8 Å². The van der Waals surface area contributed by atoms with Crippen LogP contribution in [0.25, 0.3) is 22.3 Å². The quantitative estimate of drug-likeness (QED) is 0.495. The number of hydrogen-bond acceptors (Lipinski definition) is 5. The first-order chi connectivity index (χ1) is 13.0. The second-order valence-corrected chi connectivity index (χ2v) is 6.76. The number of nitrogens with two attached hydrogens (primary N) is 2. The summed E-state index contributed by atoms with van der Waals surface area (Å²) in [6, 6.07) is 7.81. The van der Waals surface area contributed by atoms with Crippen LogP contribution in [-0.2, 0) is 4.74 Å². The summed E-state index contributed by atoms with van der Waals surface area (Å²) in [5.41, 5.74) is 14.6. The molecule has 1 aromatic heterocycles. The fourth-order valence-electron chi connectivity index (χ4n) is 2.92. The fraction of sp³-hybridized carbons (Fsp3) is 0.200. The Bertz CT molecular complexity index is 1100. The molecule has 136 valence electrons. The van der Waals surface area contributed by atoms with Crippen molar-refractivity contribution in [1.29, 1.82) is 0 Å². The molecule has 5 nitrogen and oxygen atoms in total. The van der Waals surface area contributed by atoms with Gasteiger partial charge in [-0.25, -0.2) is 14.4 Å². The first-order valence-corrected chi connectivity index (χ1v) is 8.80. The number of halogens is 2. The van der Waals surface area contributed by atoms with Crippen molar-refractivity contribution in [3.63, 3.8) is 0 Å². The molecule has 2 heterocycles. The van der Waals surface area contributed by atoms with Gasteiger partial charge in [-0.2, -0.15) is 0 Å². The molecule has 0 bridgehead atoms. The number of ether oxygens (including phenoxy) is 1. The van der Waals surface area contributed by atoms with Gasteiger partial charge < -0.3 is 16.2 Å². The van der Waals surface area contributed by atoms with E-state index in [0.29, 0.717) is 40.1 Å². The van der Waals surface area contributed by atoms with Crippen LogP contribution in [-0.4, -0.2) is 23.2 Å². The minimum absolute atomic E-state index is 0.00240. The SMILES string of the molecule is Nc1cc2c(N)nc(-c3ccc(F)c(Cl)c3)nc2cc1C#CC1CCOC1. The van der Waals surface area contributed by atoms with E-state index in [9.17, 15) is 4.39 Å². The van der Waals surface area contributed by atoms with Crippen LogP contribution in [0.15, 0.2) is 30.3 Å². The maximum Gasteiger partial charge on any atom is 0.162 e. The molecule has 1 aliphatic rings. The summed E-state index contributed by atoms with van der Waals surface area (Å²) in [7, 11) is 0. The van der Waals surface area contributed by atoms with E-state index >= 15 is 0 Å². The number of anilines is 2. The number of benzene rings is 2. The highest BCUT2D eigenvalue weighted by molar-refractivity contribution is 6.31. The van der Waals surface area contributed by atoms with Crippen molar-refractivity contribution in [3.05, 3.63) is 46.7 Å². The topological polar surface area (TPSA) is 87.1 Å². The molecule has 3 aromatic rings. The van der Waals surface area contributed by atoms with Crippen molar-refractivity contribution < 1.29 is 9.13 Å². The molecular formula is C20H16ClFN4O. The monoisotopic (exact) mass is 382 g/mol. The van der Waals surface area contributed by atoms with Crippen molar-refractivity contribution >= 4 is 34.0 Å². The summed E-state index contributed by atoms with van der Waals surface area (Å²) in [4.78, 5) is 8.84. The minimum atomic E-state index is -0.504. The normalized spacial score (nSPS) is 16.3. The minimum Gasteiger partial charge on any atom is -0.398 e. The Morgan fingerprint density at radius 1 is 1.19 bits per heavy atom. The van der Waals surface area contributed by atoms with Gasteiger partial charge in [0.25, 0.3) is 0 Å². The molecule has 27 heavy (non-hydrogen) atoms. The molecule has 2 aromatic carbocycles. The molecule has 4 rings (SSSR count). The third kappa shape index (κ3) is 3.52. The lowest BCUT2D eigenvalue weighted by Gasteiger charge is -2.08. The van der Waals surface area contributed by atoms with E-state index < -0.39 is 5.82 Å². The average Bonchev–Trinajstić information content (AvgIpc) is 3.16. The molecule has 0 spiro atoms. The predicted molar refractivity (Wildman–Crippen MR) is 105 cm³/mol. The van der Waals surface area contributed by atoms with Crippen molar-refractivity contribution in [2.75, 3.05) is 24.7 Å². The van der Waals surface area contributed by atoms with E-state index in [4.69, 9.17) is 27.8 Å². The maximum atomic E-state index is 13.4. The third-order valence-corrected chi connectivity index (χ3v) is 4.70. The molecule has 1 saturated heterocycles. The van der Waals surface area contributed by atoms with E-state index in [-0.39, 0.29) is 16.8 Å². The van der Waals surface area contributed by atoms with Crippen LogP contribution in [0.4, 0.5) is 15.9 Å². The van der Waals surface area contributed by atoms with Gasteiger partial charge in [0.15, 0.2) is 5.82 Å². The van der Waals surface area contributed by atoms with Crippen LogP contribution in [0.2, 0.25) is 5.02 Å². The van der Waals surface area contributed by atoms with E-state index in [1.54, 1.807) is 18.2 Å². The van der Waals surface area contributed by atoms with Crippen molar-refractivity contribution in [3.8, 4) is 23.2 Å². The van der Waals surface area contributed by atoms with Crippen LogP contribution in [0.1, 0.15) is 12.0 Å². The van der Waals surface area contributed by atoms with Gasteiger partial charge in [0, 0.05) is 34.7 Å². The number of nitrogen functional groups attached to an aromatic ring is 2. The summed E-state index contributed by atoms with van der Waals surface area (Å²) in [6.07, 6.45) is 0.922. The molecule has 1 unspecified atom stereocenters. The molecule has 1 atom stereocenters. The molecule has 7 heteroatoms. The number of rotatable bonds is 1. The first kappa shape index (κ1) is 17.5. The fourth-order valence-corrected chi connectivity index (χ4v) is 3.10. The van der Waals surface area contributed by atoms with Gasteiger partial charge in [0.1, 0.15) is 11.6 Å². The molecule has 4 N–H and O–H groups in total. The summed E-state index contributed by atoms with van der Waals surface area (Å²) in [6.45, 7) is 1.38. The number of hydrogen-bond donors (Lipinski definition) is 2. The zero-order valence-corrected chi connectivity index (χ0v) is 15.1. The van der Waals surface area contributed by atoms with E-state index in [1.165, 1.54) is 12.1 Å². The predicted octanol–water partition coefficient (Wildman–Crippen LogP) is 3.64. The number of fused-ring (bicyclic) bond motifs is 1. The zero-order valence-electron chi connectivity index (χ0n) is 14.3. The lowest BCUT2D eigenvalue weighted by molar-refractivity contribution is 0.192. The Labute approximate surface area is 160 Å². The third-order valence-electron chi connectivity index (χ3n) is 4.41. The van der Waals surface area contributed by atoms with E-state index in [2.05, 4.69) is 21.8 Å². The van der Waals surface area contributed by atoms with Crippen LogP contribution in [0.5, 0.6) is 0 Å². The van der Waals surface area contributed by atoms with Crippen molar-refractivity contribution in [1.82, 2.24) is 9.97 Å². The highest BCUT2D eigenvalue weighted by Gasteiger charge is 2.14. The summed E-state index contributed by atoms with van der Waals surface area (Å²) in [5, 5.41) is 0.636. The van der Waals surface area contributed by atoms with Crippen LogP contribution >= 0.6 is 11.6 Å². The number of nitrogens with zero attached hydrogens (tertiary/aromatic N) is 2. The molecule has 0 aliphatic carbocycles. The zero-order chi connectivity index (χ0) is 19.0. The highest BCUT2D eigenvalue weighted by atomic mass is 35.5. The van der Waals surface area contributed by atoms with E-state index in [0.717, 1.165) is 13.0 Å². The lowest BCUT2D eigenvalue weighted by atomic mass is 10.1. The summed E-state index contributed by atoms with van der Waals surface area (Å²) in [5.74, 6) is 6.66. The Morgan fingerprint density at radius 3 is 2.78 bits per heavy atom. The summed E-state index contributed by atoms with van der Waals surface area (Å²) >= 11 is 5.86. The standard InChI is InChI=1S/C20H16ClFN4O/c21-15-7-13(3-4-16(15)22)20-25-18-8-12(2-1-11-5-6-27-10-11)17(23)9-14(18)19(24)26-20/h3-4,7-9,11H,5-6,10,23H2,(H2,24,25,26). The second kappa shape index (κ2) is 7.03. The largest absolute Gasteiger partial charge is 0.398 e. The van der Waals surface area contributed by atoms with Crippen molar-refractivity contribution in [2.24, 2.45) is 5.92 Å². The van der Waals surface area contributed by atoms with Gasteiger partial charge in [-0.1, -0.05) is 23.4 Å². The summed E-state index contributed by atoms with van der Waals surface area (Å²) < 4.78 is 18.8. The molecule has 1 aliphatic heterocycles. The van der Waals surface area contributed by atoms with E-state index in [1.807, 2.05) is 0 Å². The van der Waals surface area contributed by atoms with Gasteiger partial charge >= 0.3 is 0 Å². The average molecular weight is 383 g/mol. The van der Waals surface area contributed by atoms with Gasteiger partial charge in [0.2, 0.25) is 0 Å². The first-order valence-electron chi connectivity index (χ1n) is 8.42.